The number of hydrogen-bond donors (Lipinski definition) is 2. The topological polar surface area (TPSA) is 56.0 Å². The first-order valence-corrected chi connectivity index (χ1v) is 6.66. The summed E-state index contributed by atoms with van der Waals surface area (Å²) in [6.07, 6.45) is 4.94. The third kappa shape index (κ3) is 2.83. The van der Waals surface area contributed by atoms with Crippen LogP contribution in [-0.2, 0) is 0 Å². The monoisotopic (exact) mass is 244 g/mol. The number of aliphatic hydroxyl groups excluding tert-OH is 1. The lowest BCUT2D eigenvalue weighted by Gasteiger charge is -2.23. The molecule has 1 aliphatic rings. The summed E-state index contributed by atoms with van der Waals surface area (Å²) in [4.78, 5) is 0. The summed E-state index contributed by atoms with van der Waals surface area (Å²) in [5.41, 5.74) is 2.52. The smallest absolute Gasteiger partial charge is 0.102 e. The molecule has 0 spiro atoms. The van der Waals surface area contributed by atoms with Gasteiger partial charge in [0.1, 0.15) is 6.07 Å². The molecule has 1 aromatic carbocycles. The Bertz CT molecular complexity index is 450. The van der Waals surface area contributed by atoms with Crippen LogP contribution in [0.5, 0.6) is 0 Å². The van der Waals surface area contributed by atoms with E-state index in [9.17, 15) is 10.4 Å². The fourth-order valence-electron chi connectivity index (χ4n) is 2.59. The minimum absolute atomic E-state index is 0.0707. The van der Waals surface area contributed by atoms with E-state index in [1.807, 2.05) is 25.1 Å². The summed E-state index contributed by atoms with van der Waals surface area (Å²) in [6.45, 7) is 1.94. The van der Waals surface area contributed by atoms with Gasteiger partial charge in [0.15, 0.2) is 0 Å². The Morgan fingerprint density at radius 3 is 2.83 bits per heavy atom. The Morgan fingerprint density at radius 1 is 1.28 bits per heavy atom. The van der Waals surface area contributed by atoms with Crippen LogP contribution in [0.25, 0.3) is 0 Å². The molecule has 1 aliphatic carbocycles. The van der Waals surface area contributed by atoms with Crippen molar-refractivity contribution in [2.45, 2.75) is 51.2 Å². The summed E-state index contributed by atoms with van der Waals surface area (Å²) in [5, 5.41) is 22.7. The average molecular weight is 244 g/mol. The Morgan fingerprint density at radius 2 is 2.06 bits per heavy atom. The first kappa shape index (κ1) is 12.9. The van der Waals surface area contributed by atoms with Crippen molar-refractivity contribution in [2.24, 2.45) is 0 Å². The largest absolute Gasteiger partial charge is 0.391 e. The third-order valence-corrected chi connectivity index (χ3v) is 3.70. The second-order valence-corrected chi connectivity index (χ2v) is 5.07. The molecule has 0 heterocycles. The summed E-state index contributed by atoms with van der Waals surface area (Å²) in [5.74, 6) is 0. The number of aryl methyl sites for hydroxylation is 1. The molecule has 96 valence electrons. The van der Waals surface area contributed by atoms with Crippen molar-refractivity contribution >= 4 is 5.69 Å². The maximum atomic E-state index is 10.1. The van der Waals surface area contributed by atoms with Gasteiger partial charge in [-0.2, -0.15) is 5.26 Å². The summed E-state index contributed by atoms with van der Waals surface area (Å²) < 4.78 is 0. The lowest BCUT2D eigenvalue weighted by atomic mass is 10.0. The molecular weight excluding hydrogens is 224 g/mol. The number of nitrogens with one attached hydrogen (secondary N) is 1. The Labute approximate surface area is 108 Å². The van der Waals surface area contributed by atoms with Gasteiger partial charge in [-0.15, -0.1) is 0 Å². The predicted octanol–water partition coefficient (Wildman–Crippen LogP) is 2.97. The Kier molecular flexibility index (Phi) is 4.22. The van der Waals surface area contributed by atoms with Crippen molar-refractivity contribution in [2.75, 3.05) is 5.32 Å². The summed E-state index contributed by atoms with van der Waals surface area (Å²) in [7, 11) is 0. The number of rotatable bonds is 2. The van der Waals surface area contributed by atoms with E-state index in [1.54, 1.807) is 0 Å². The Balaban J connectivity index is 2.18. The lowest BCUT2D eigenvalue weighted by Crippen LogP contribution is -2.32. The zero-order valence-corrected chi connectivity index (χ0v) is 10.8. The highest BCUT2D eigenvalue weighted by molar-refractivity contribution is 5.61. The number of aliphatic hydroxyl groups is 1. The molecule has 2 unspecified atom stereocenters. The van der Waals surface area contributed by atoms with Gasteiger partial charge in [-0.3, -0.25) is 0 Å². The lowest BCUT2D eigenvalue weighted by molar-refractivity contribution is 0.144. The van der Waals surface area contributed by atoms with Crippen molar-refractivity contribution in [3.63, 3.8) is 0 Å². The molecular formula is C15H20N2O. The minimum Gasteiger partial charge on any atom is -0.391 e. The van der Waals surface area contributed by atoms with Crippen molar-refractivity contribution in [3.8, 4) is 6.07 Å². The van der Waals surface area contributed by atoms with Gasteiger partial charge in [0.05, 0.1) is 23.4 Å². The molecule has 2 atom stereocenters. The van der Waals surface area contributed by atoms with E-state index in [4.69, 9.17) is 0 Å². The molecule has 2 N–H and O–H groups in total. The molecule has 0 aromatic heterocycles. The van der Waals surface area contributed by atoms with Crippen LogP contribution in [0, 0.1) is 18.3 Å². The van der Waals surface area contributed by atoms with E-state index < -0.39 is 0 Å². The van der Waals surface area contributed by atoms with Crippen molar-refractivity contribution in [1.29, 1.82) is 5.26 Å². The molecule has 3 heteroatoms. The highest BCUT2D eigenvalue weighted by Crippen LogP contribution is 2.24. The fraction of sp³-hybridized carbons (Fsp3) is 0.533. The molecule has 1 saturated carbocycles. The van der Waals surface area contributed by atoms with Gasteiger partial charge in [0.2, 0.25) is 0 Å². The standard InChI is InChI=1S/C15H20N2O/c1-11-6-5-8-13(12(11)10-16)17-14-7-3-2-4-9-15(14)18/h5-6,8,14-15,17-18H,2-4,7,9H2,1H3. The van der Waals surface area contributed by atoms with Crippen LogP contribution in [0.4, 0.5) is 5.69 Å². The van der Waals surface area contributed by atoms with Crippen molar-refractivity contribution in [1.82, 2.24) is 0 Å². The zero-order chi connectivity index (χ0) is 13.0. The highest BCUT2D eigenvalue weighted by Gasteiger charge is 2.22. The second kappa shape index (κ2) is 5.88. The highest BCUT2D eigenvalue weighted by atomic mass is 16.3. The number of hydrogen-bond acceptors (Lipinski definition) is 3. The molecule has 18 heavy (non-hydrogen) atoms. The van der Waals surface area contributed by atoms with E-state index >= 15 is 0 Å². The molecule has 0 radical (unpaired) electrons. The normalized spacial score (nSPS) is 24.1. The molecule has 0 saturated heterocycles. The molecule has 0 amide bonds. The third-order valence-electron chi connectivity index (χ3n) is 3.70. The number of nitriles is 1. The van der Waals surface area contributed by atoms with E-state index in [0.29, 0.717) is 5.56 Å². The van der Waals surface area contributed by atoms with Gasteiger partial charge in [-0.25, -0.2) is 0 Å². The van der Waals surface area contributed by atoms with Crippen LogP contribution in [0.1, 0.15) is 43.2 Å². The van der Waals surface area contributed by atoms with Crippen LogP contribution < -0.4 is 5.32 Å². The minimum atomic E-state index is -0.306. The molecule has 1 fully saturated rings. The number of benzene rings is 1. The van der Waals surface area contributed by atoms with Gasteiger partial charge in [-0.1, -0.05) is 31.4 Å². The number of nitrogens with zero attached hydrogens (tertiary/aromatic N) is 1. The van der Waals surface area contributed by atoms with Gasteiger partial charge in [0, 0.05) is 0 Å². The Hall–Kier alpha value is -1.53. The summed E-state index contributed by atoms with van der Waals surface area (Å²) in [6, 6.07) is 8.11. The predicted molar refractivity (Wildman–Crippen MR) is 72.4 cm³/mol. The SMILES string of the molecule is Cc1cccc(NC2CCCCCC2O)c1C#N. The van der Waals surface area contributed by atoms with E-state index in [2.05, 4.69) is 11.4 Å². The first-order chi connectivity index (χ1) is 8.72. The molecule has 0 bridgehead atoms. The van der Waals surface area contributed by atoms with Gasteiger partial charge >= 0.3 is 0 Å². The van der Waals surface area contributed by atoms with Gasteiger partial charge in [0.25, 0.3) is 0 Å². The maximum Gasteiger partial charge on any atom is 0.102 e. The average Bonchev–Trinajstić information content (AvgIpc) is 2.55. The zero-order valence-electron chi connectivity index (χ0n) is 10.8. The van der Waals surface area contributed by atoms with E-state index in [1.165, 1.54) is 6.42 Å². The molecule has 2 rings (SSSR count). The van der Waals surface area contributed by atoms with Crippen LogP contribution in [0.2, 0.25) is 0 Å². The maximum absolute atomic E-state index is 10.1. The van der Waals surface area contributed by atoms with Crippen LogP contribution in [0.3, 0.4) is 0 Å². The first-order valence-electron chi connectivity index (χ1n) is 6.66. The quantitative estimate of drug-likeness (QED) is 0.786. The summed E-state index contributed by atoms with van der Waals surface area (Å²) >= 11 is 0. The fourth-order valence-corrected chi connectivity index (χ4v) is 2.59. The molecule has 3 nitrogen and oxygen atoms in total. The van der Waals surface area contributed by atoms with E-state index in [0.717, 1.165) is 36.9 Å². The van der Waals surface area contributed by atoms with Crippen molar-refractivity contribution in [3.05, 3.63) is 29.3 Å². The van der Waals surface area contributed by atoms with Crippen LogP contribution in [-0.4, -0.2) is 17.3 Å². The molecule has 0 aliphatic heterocycles. The van der Waals surface area contributed by atoms with Gasteiger partial charge < -0.3 is 10.4 Å². The number of anilines is 1. The van der Waals surface area contributed by atoms with Crippen LogP contribution >= 0.6 is 0 Å². The van der Waals surface area contributed by atoms with Crippen molar-refractivity contribution < 1.29 is 5.11 Å². The van der Waals surface area contributed by atoms with Gasteiger partial charge in [-0.05, 0) is 31.4 Å². The second-order valence-electron chi connectivity index (χ2n) is 5.07. The van der Waals surface area contributed by atoms with Crippen LogP contribution in [0.15, 0.2) is 18.2 Å². The van der Waals surface area contributed by atoms with E-state index in [-0.39, 0.29) is 12.1 Å². The molecule has 1 aromatic rings.